The van der Waals surface area contributed by atoms with Gasteiger partial charge in [0.2, 0.25) is 0 Å². The van der Waals surface area contributed by atoms with Crippen LogP contribution in [0.1, 0.15) is 11.1 Å². The van der Waals surface area contributed by atoms with E-state index in [4.69, 9.17) is 9.84 Å². The highest BCUT2D eigenvalue weighted by Crippen LogP contribution is 2.32. The smallest absolute Gasteiger partial charge is 0.323 e. The SMILES string of the molecule is O=C(O)CN1CCOc2ccc(CCNCc3ccncc3)cc21. The molecule has 6 nitrogen and oxygen atoms in total. The molecule has 1 aromatic heterocycles. The average Bonchev–Trinajstić information content (AvgIpc) is 2.60. The van der Waals surface area contributed by atoms with Crippen LogP contribution in [0.15, 0.2) is 42.7 Å². The Morgan fingerprint density at radius 2 is 2.08 bits per heavy atom. The van der Waals surface area contributed by atoms with Crippen molar-refractivity contribution in [3.8, 4) is 5.75 Å². The van der Waals surface area contributed by atoms with Crippen molar-refractivity contribution >= 4 is 11.7 Å². The highest BCUT2D eigenvalue weighted by atomic mass is 16.5. The summed E-state index contributed by atoms with van der Waals surface area (Å²) in [6.45, 7) is 2.78. The fourth-order valence-electron chi connectivity index (χ4n) is 2.77. The Balaban J connectivity index is 1.57. The van der Waals surface area contributed by atoms with Crippen molar-refractivity contribution in [1.29, 1.82) is 0 Å². The third-order valence-electron chi connectivity index (χ3n) is 3.98. The number of fused-ring (bicyclic) bond motifs is 1. The van der Waals surface area contributed by atoms with E-state index in [0.29, 0.717) is 13.2 Å². The van der Waals surface area contributed by atoms with Gasteiger partial charge in [-0.1, -0.05) is 6.07 Å². The summed E-state index contributed by atoms with van der Waals surface area (Å²) in [5.41, 5.74) is 3.24. The van der Waals surface area contributed by atoms with Gasteiger partial charge in [0, 0.05) is 18.9 Å². The second-order valence-electron chi connectivity index (χ2n) is 5.75. The maximum absolute atomic E-state index is 11.0. The van der Waals surface area contributed by atoms with Crippen LogP contribution in [0.4, 0.5) is 5.69 Å². The topological polar surface area (TPSA) is 74.7 Å². The van der Waals surface area contributed by atoms with Crippen LogP contribution in [0, 0.1) is 0 Å². The molecule has 0 fully saturated rings. The van der Waals surface area contributed by atoms with Gasteiger partial charge in [0.05, 0.1) is 12.2 Å². The molecule has 2 N–H and O–H groups in total. The van der Waals surface area contributed by atoms with E-state index in [9.17, 15) is 4.79 Å². The number of rotatable bonds is 7. The van der Waals surface area contributed by atoms with Gasteiger partial charge in [-0.05, 0) is 48.4 Å². The number of nitrogens with zero attached hydrogens (tertiary/aromatic N) is 2. The number of aromatic nitrogens is 1. The quantitative estimate of drug-likeness (QED) is 0.754. The Morgan fingerprint density at radius 3 is 2.88 bits per heavy atom. The first-order valence-electron chi connectivity index (χ1n) is 8.04. The summed E-state index contributed by atoms with van der Waals surface area (Å²) in [6, 6.07) is 9.99. The summed E-state index contributed by atoms with van der Waals surface area (Å²) in [6.07, 6.45) is 4.45. The first kappa shape index (κ1) is 16.3. The van der Waals surface area contributed by atoms with Crippen LogP contribution in [0.3, 0.4) is 0 Å². The Bertz CT molecular complexity index is 691. The molecule has 2 heterocycles. The van der Waals surface area contributed by atoms with Gasteiger partial charge in [-0.15, -0.1) is 0 Å². The molecule has 3 rings (SSSR count). The average molecular weight is 327 g/mol. The first-order valence-corrected chi connectivity index (χ1v) is 8.04. The Morgan fingerprint density at radius 1 is 1.25 bits per heavy atom. The van der Waals surface area contributed by atoms with E-state index in [1.165, 1.54) is 5.56 Å². The van der Waals surface area contributed by atoms with Crippen molar-refractivity contribution in [1.82, 2.24) is 10.3 Å². The van der Waals surface area contributed by atoms with E-state index in [2.05, 4.69) is 10.3 Å². The molecule has 1 aliphatic rings. The Labute approximate surface area is 141 Å². The summed E-state index contributed by atoms with van der Waals surface area (Å²) >= 11 is 0. The normalized spacial score (nSPS) is 13.2. The molecule has 0 bridgehead atoms. The number of hydrogen-bond donors (Lipinski definition) is 2. The van der Waals surface area contributed by atoms with Crippen molar-refractivity contribution < 1.29 is 14.6 Å². The molecule has 0 unspecified atom stereocenters. The van der Waals surface area contributed by atoms with E-state index in [1.807, 2.05) is 35.2 Å². The molecule has 1 aromatic carbocycles. The Hall–Kier alpha value is -2.60. The summed E-state index contributed by atoms with van der Waals surface area (Å²) in [7, 11) is 0. The molecule has 0 spiro atoms. The first-order chi connectivity index (χ1) is 11.7. The number of hydrogen-bond acceptors (Lipinski definition) is 5. The molecule has 2 aromatic rings. The number of carbonyl (C=O) groups is 1. The number of aliphatic carboxylic acids is 1. The minimum atomic E-state index is -0.827. The van der Waals surface area contributed by atoms with E-state index >= 15 is 0 Å². The van der Waals surface area contributed by atoms with E-state index in [1.54, 1.807) is 12.4 Å². The van der Waals surface area contributed by atoms with Crippen LogP contribution in [-0.2, 0) is 17.8 Å². The maximum Gasteiger partial charge on any atom is 0.323 e. The third kappa shape index (κ3) is 4.23. The van der Waals surface area contributed by atoms with Crippen molar-refractivity contribution in [3.63, 3.8) is 0 Å². The van der Waals surface area contributed by atoms with Crippen LogP contribution in [0.5, 0.6) is 5.75 Å². The van der Waals surface area contributed by atoms with Crippen LogP contribution < -0.4 is 15.0 Å². The highest BCUT2D eigenvalue weighted by molar-refractivity contribution is 5.75. The molecule has 24 heavy (non-hydrogen) atoms. The lowest BCUT2D eigenvalue weighted by molar-refractivity contribution is -0.135. The monoisotopic (exact) mass is 327 g/mol. The second-order valence-corrected chi connectivity index (χ2v) is 5.75. The van der Waals surface area contributed by atoms with Crippen molar-refractivity contribution in [2.24, 2.45) is 0 Å². The fraction of sp³-hybridized carbons (Fsp3) is 0.333. The van der Waals surface area contributed by atoms with Crippen LogP contribution in [0.2, 0.25) is 0 Å². The zero-order valence-electron chi connectivity index (χ0n) is 13.4. The number of carboxylic acids is 1. The Kier molecular flexibility index (Phi) is 5.28. The lowest BCUT2D eigenvalue weighted by Gasteiger charge is -2.30. The predicted molar refractivity (Wildman–Crippen MR) is 91.4 cm³/mol. The summed E-state index contributed by atoms with van der Waals surface area (Å²) in [5.74, 6) is -0.0664. The number of carboxylic acid groups (broad SMARTS) is 1. The third-order valence-corrected chi connectivity index (χ3v) is 3.98. The lowest BCUT2D eigenvalue weighted by Crippen LogP contribution is -2.36. The molecule has 0 aliphatic carbocycles. The van der Waals surface area contributed by atoms with Crippen LogP contribution in [-0.4, -0.2) is 42.3 Å². The number of pyridine rings is 1. The molecule has 0 saturated heterocycles. The van der Waals surface area contributed by atoms with Gasteiger partial charge in [-0.2, -0.15) is 0 Å². The molecule has 0 atom stereocenters. The molecule has 0 amide bonds. The lowest BCUT2D eigenvalue weighted by atomic mass is 10.1. The molecule has 126 valence electrons. The van der Waals surface area contributed by atoms with Gasteiger partial charge in [0.15, 0.2) is 0 Å². The highest BCUT2D eigenvalue weighted by Gasteiger charge is 2.20. The van der Waals surface area contributed by atoms with E-state index in [-0.39, 0.29) is 6.54 Å². The van der Waals surface area contributed by atoms with Gasteiger partial charge in [-0.3, -0.25) is 9.78 Å². The van der Waals surface area contributed by atoms with E-state index < -0.39 is 5.97 Å². The molecule has 1 aliphatic heterocycles. The van der Waals surface area contributed by atoms with Crippen LogP contribution >= 0.6 is 0 Å². The summed E-state index contributed by atoms with van der Waals surface area (Å²) in [5, 5.41) is 12.5. The number of benzene rings is 1. The minimum Gasteiger partial charge on any atom is -0.490 e. The van der Waals surface area contributed by atoms with Gasteiger partial charge >= 0.3 is 5.97 Å². The van der Waals surface area contributed by atoms with E-state index in [0.717, 1.165) is 36.5 Å². The number of ether oxygens (including phenoxy) is 1. The zero-order valence-corrected chi connectivity index (χ0v) is 13.4. The van der Waals surface area contributed by atoms with Gasteiger partial charge in [0.1, 0.15) is 18.9 Å². The molecule has 6 heteroatoms. The van der Waals surface area contributed by atoms with Crippen molar-refractivity contribution in [2.75, 3.05) is 31.1 Å². The second kappa shape index (κ2) is 7.79. The molecular weight excluding hydrogens is 306 g/mol. The fourth-order valence-corrected chi connectivity index (χ4v) is 2.77. The van der Waals surface area contributed by atoms with Gasteiger partial charge < -0.3 is 20.1 Å². The number of nitrogens with one attached hydrogen (secondary N) is 1. The largest absolute Gasteiger partial charge is 0.490 e. The van der Waals surface area contributed by atoms with Gasteiger partial charge in [-0.25, -0.2) is 0 Å². The predicted octanol–water partition coefficient (Wildman–Crippen LogP) is 1.70. The molecule has 0 radical (unpaired) electrons. The van der Waals surface area contributed by atoms with Gasteiger partial charge in [0.25, 0.3) is 0 Å². The minimum absolute atomic E-state index is 0.000105. The van der Waals surface area contributed by atoms with Crippen molar-refractivity contribution in [3.05, 3.63) is 53.9 Å². The van der Waals surface area contributed by atoms with Crippen LogP contribution in [0.25, 0.3) is 0 Å². The summed E-state index contributed by atoms with van der Waals surface area (Å²) in [4.78, 5) is 16.9. The molecular formula is C18H21N3O3. The molecule has 0 saturated carbocycles. The van der Waals surface area contributed by atoms with Crippen molar-refractivity contribution in [2.45, 2.75) is 13.0 Å². The number of anilines is 1. The standard InChI is InChI=1S/C18H21N3O3/c22-18(23)13-21-9-10-24-17-2-1-14(11-16(17)21)3-8-20-12-15-4-6-19-7-5-15/h1-2,4-7,11,20H,3,8-10,12-13H2,(H,22,23). The zero-order chi connectivity index (χ0) is 16.8. The maximum atomic E-state index is 11.0. The summed E-state index contributed by atoms with van der Waals surface area (Å²) < 4.78 is 5.62.